The number of aromatic nitrogens is 2. The number of fused-ring (bicyclic) bond motifs is 1. The van der Waals surface area contributed by atoms with E-state index in [1.54, 1.807) is 0 Å². The summed E-state index contributed by atoms with van der Waals surface area (Å²) in [6, 6.07) is 0. The summed E-state index contributed by atoms with van der Waals surface area (Å²) >= 11 is 0. The summed E-state index contributed by atoms with van der Waals surface area (Å²) < 4.78 is 0. The normalized spacial score (nSPS) is 20.1. The number of rotatable bonds is 0. The summed E-state index contributed by atoms with van der Waals surface area (Å²) in [5.74, 6) is 0.844. The van der Waals surface area contributed by atoms with Gasteiger partial charge in [0.2, 0.25) is 11.9 Å². The third kappa shape index (κ3) is 1.24. The third-order valence-electron chi connectivity index (χ3n) is 2.23. The minimum Gasteiger partial charge on any atom is -0.383 e. The van der Waals surface area contributed by atoms with Crippen LogP contribution >= 0.6 is 0 Å². The molecule has 2 rings (SSSR count). The van der Waals surface area contributed by atoms with Crippen molar-refractivity contribution in [3.8, 4) is 0 Å². The molecule has 1 amide bonds. The van der Waals surface area contributed by atoms with Crippen LogP contribution in [0.4, 0.5) is 17.6 Å². The number of carbonyl (C=O) groups excluding carboxylic acids is 1. The maximum atomic E-state index is 11.2. The highest BCUT2D eigenvalue weighted by molar-refractivity contribution is 5.94. The van der Waals surface area contributed by atoms with Gasteiger partial charge in [-0.15, -0.1) is 0 Å². The Hall–Kier alpha value is -1.85. The molecule has 5 N–H and O–H groups in total. The molecule has 0 fully saturated rings. The SMILES string of the molecule is CC1CC(=O)Nc2nc(N)nc(N)c21. The first-order chi connectivity index (χ1) is 6.58. The van der Waals surface area contributed by atoms with E-state index < -0.39 is 0 Å². The van der Waals surface area contributed by atoms with E-state index in [4.69, 9.17) is 11.5 Å². The summed E-state index contributed by atoms with van der Waals surface area (Å²) in [7, 11) is 0. The molecule has 0 spiro atoms. The van der Waals surface area contributed by atoms with Crippen molar-refractivity contribution >= 4 is 23.5 Å². The fourth-order valence-electron chi connectivity index (χ4n) is 1.65. The second-order valence-electron chi connectivity index (χ2n) is 3.38. The second-order valence-corrected chi connectivity index (χ2v) is 3.38. The minimum absolute atomic E-state index is 0.0411. The van der Waals surface area contributed by atoms with Gasteiger partial charge in [0.1, 0.15) is 11.6 Å². The number of nitrogens with two attached hydrogens (primary N) is 2. The molecule has 1 aliphatic heterocycles. The molecule has 1 unspecified atom stereocenters. The molecular weight excluding hydrogens is 182 g/mol. The number of carbonyl (C=O) groups is 1. The van der Waals surface area contributed by atoms with Gasteiger partial charge in [0.15, 0.2) is 0 Å². The van der Waals surface area contributed by atoms with Crippen molar-refractivity contribution in [1.82, 2.24) is 9.97 Å². The summed E-state index contributed by atoms with van der Waals surface area (Å²) in [6.45, 7) is 1.91. The average molecular weight is 193 g/mol. The smallest absolute Gasteiger partial charge is 0.226 e. The van der Waals surface area contributed by atoms with Crippen LogP contribution in [0.1, 0.15) is 24.8 Å². The molecule has 0 saturated carbocycles. The molecule has 74 valence electrons. The summed E-state index contributed by atoms with van der Waals surface area (Å²) in [5.41, 5.74) is 11.9. The predicted octanol–water partition coefficient (Wildman–Crippen LogP) is 0.0867. The van der Waals surface area contributed by atoms with E-state index in [9.17, 15) is 4.79 Å². The Balaban J connectivity index is 2.58. The maximum Gasteiger partial charge on any atom is 0.226 e. The van der Waals surface area contributed by atoms with Gasteiger partial charge in [-0.3, -0.25) is 4.79 Å². The molecule has 6 nitrogen and oxygen atoms in total. The van der Waals surface area contributed by atoms with E-state index in [0.29, 0.717) is 18.1 Å². The summed E-state index contributed by atoms with van der Waals surface area (Å²) in [6.07, 6.45) is 0.407. The molecule has 0 aliphatic carbocycles. The van der Waals surface area contributed by atoms with Gasteiger partial charge in [-0.2, -0.15) is 9.97 Å². The van der Waals surface area contributed by atoms with Crippen LogP contribution in [0, 0.1) is 0 Å². The number of hydrogen-bond acceptors (Lipinski definition) is 5. The largest absolute Gasteiger partial charge is 0.383 e. The van der Waals surface area contributed by atoms with Gasteiger partial charge >= 0.3 is 0 Å². The summed E-state index contributed by atoms with van der Waals surface area (Å²) in [4.78, 5) is 19.0. The van der Waals surface area contributed by atoms with Crippen LogP contribution in [0.15, 0.2) is 0 Å². The van der Waals surface area contributed by atoms with Crippen molar-refractivity contribution in [1.29, 1.82) is 0 Å². The van der Waals surface area contributed by atoms with Gasteiger partial charge < -0.3 is 16.8 Å². The fourth-order valence-corrected chi connectivity index (χ4v) is 1.65. The molecule has 1 aromatic heterocycles. The number of nitrogens with one attached hydrogen (secondary N) is 1. The highest BCUT2D eigenvalue weighted by Crippen LogP contribution is 2.33. The standard InChI is InChI=1S/C8H11N5O/c1-3-2-4(14)11-7-5(3)6(9)12-8(10)13-7/h3H,2H2,1H3,(H5,9,10,11,12,13,14). The van der Waals surface area contributed by atoms with Gasteiger partial charge in [0.25, 0.3) is 0 Å². The Morgan fingerprint density at radius 2 is 2.14 bits per heavy atom. The first-order valence-corrected chi connectivity index (χ1v) is 4.30. The second kappa shape index (κ2) is 2.83. The number of amides is 1. The molecule has 1 aliphatic rings. The van der Waals surface area contributed by atoms with Crippen molar-refractivity contribution in [3.05, 3.63) is 5.56 Å². The van der Waals surface area contributed by atoms with Crippen LogP contribution in [-0.2, 0) is 4.79 Å². The fraction of sp³-hybridized carbons (Fsp3) is 0.375. The number of hydrogen-bond donors (Lipinski definition) is 3. The molecule has 0 radical (unpaired) electrons. The average Bonchev–Trinajstić information content (AvgIpc) is 1.99. The Morgan fingerprint density at radius 3 is 2.86 bits per heavy atom. The summed E-state index contributed by atoms with van der Waals surface area (Å²) in [5, 5.41) is 2.62. The minimum atomic E-state index is -0.0671. The van der Waals surface area contributed by atoms with E-state index in [1.165, 1.54) is 0 Å². The van der Waals surface area contributed by atoms with Crippen LogP contribution in [0.2, 0.25) is 0 Å². The zero-order chi connectivity index (χ0) is 10.3. The molecule has 0 aromatic carbocycles. The number of nitrogens with zero attached hydrogens (tertiary/aromatic N) is 2. The molecule has 1 aromatic rings. The van der Waals surface area contributed by atoms with Gasteiger partial charge in [-0.25, -0.2) is 0 Å². The Labute approximate surface area is 80.7 Å². The van der Waals surface area contributed by atoms with E-state index in [2.05, 4.69) is 15.3 Å². The number of nitrogen functional groups attached to an aromatic ring is 2. The van der Waals surface area contributed by atoms with E-state index >= 15 is 0 Å². The predicted molar refractivity (Wildman–Crippen MR) is 52.5 cm³/mol. The van der Waals surface area contributed by atoms with Gasteiger partial charge in [-0.1, -0.05) is 6.92 Å². The van der Waals surface area contributed by atoms with E-state index in [1.807, 2.05) is 6.92 Å². The van der Waals surface area contributed by atoms with Gasteiger partial charge in [-0.05, 0) is 5.92 Å². The lowest BCUT2D eigenvalue weighted by Gasteiger charge is -2.22. The Bertz CT molecular complexity index is 403. The molecule has 6 heteroatoms. The zero-order valence-corrected chi connectivity index (χ0v) is 7.74. The third-order valence-corrected chi connectivity index (χ3v) is 2.23. The molecule has 14 heavy (non-hydrogen) atoms. The molecule has 0 bridgehead atoms. The first-order valence-electron chi connectivity index (χ1n) is 4.30. The van der Waals surface area contributed by atoms with Crippen LogP contribution in [-0.4, -0.2) is 15.9 Å². The van der Waals surface area contributed by atoms with Crippen LogP contribution in [0.5, 0.6) is 0 Å². The van der Waals surface area contributed by atoms with E-state index in [0.717, 1.165) is 5.56 Å². The van der Waals surface area contributed by atoms with Crippen LogP contribution in [0.3, 0.4) is 0 Å². The molecular formula is C8H11N5O. The lowest BCUT2D eigenvalue weighted by molar-refractivity contribution is -0.116. The van der Waals surface area contributed by atoms with Gasteiger partial charge in [0, 0.05) is 12.0 Å². The van der Waals surface area contributed by atoms with Crippen molar-refractivity contribution < 1.29 is 4.79 Å². The Kier molecular flexibility index (Phi) is 1.77. The number of anilines is 3. The molecule has 1 atom stereocenters. The first kappa shape index (κ1) is 8.74. The highest BCUT2D eigenvalue weighted by Gasteiger charge is 2.26. The quantitative estimate of drug-likeness (QED) is 0.541. The molecule has 0 saturated heterocycles. The maximum absolute atomic E-state index is 11.2. The lowest BCUT2D eigenvalue weighted by atomic mass is 9.95. The molecule has 2 heterocycles. The monoisotopic (exact) mass is 193 g/mol. The van der Waals surface area contributed by atoms with Crippen molar-refractivity contribution in [2.45, 2.75) is 19.3 Å². The zero-order valence-electron chi connectivity index (χ0n) is 7.74. The topological polar surface area (TPSA) is 107 Å². The Morgan fingerprint density at radius 1 is 1.43 bits per heavy atom. The van der Waals surface area contributed by atoms with Gasteiger partial charge in [0.05, 0.1) is 0 Å². The van der Waals surface area contributed by atoms with Crippen LogP contribution < -0.4 is 16.8 Å². The highest BCUT2D eigenvalue weighted by atomic mass is 16.1. The van der Waals surface area contributed by atoms with Crippen molar-refractivity contribution in [3.63, 3.8) is 0 Å². The van der Waals surface area contributed by atoms with Crippen molar-refractivity contribution in [2.24, 2.45) is 0 Å². The van der Waals surface area contributed by atoms with Crippen LogP contribution in [0.25, 0.3) is 0 Å². The van der Waals surface area contributed by atoms with Crippen molar-refractivity contribution in [2.75, 3.05) is 16.8 Å². The lowest BCUT2D eigenvalue weighted by Crippen LogP contribution is -2.24. The van der Waals surface area contributed by atoms with E-state index in [-0.39, 0.29) is 17.8 Å².